The molecule has 0 amide bonds. The van der Waals surface area contributed by atoms with E-state index in [1.807, 2.05) is 0 Å². The first-order valence-electron chi connectivity index (χ1n) is 4.48. The van der Waals surface area contributed by atoms with Crippen LogP contribution in [0.5, 0.6) is 0 Å². The minimum Gasteiger partial charge on any atom is -0.194 e. The van der Waals surface area contributed by atoms with E-state index in [1.165, 1.54) is 0 Å². The molecule has 0 saturated carbocycles. The molecule has 0 bridgehead atoms. The van der Waals surface area contributed by atoms with Crippen molar-refractivity contribution in [3.05, 3.63) is 17.9 Å². The highest BCUT2D eigenvalue weighted by atomic mass is 19.4. The third-order valence-electron chi connectivity index (χ3n) is 1.56. The molecule has 0 N–H and O–H groups in total. The van der Waals surface area contributed by atoms with Crippen LogP contribution in [0.25, 0.3) is 0 Å². The summed E-state index contributed by atoms with van der Waals surface area (Å²) < 4.78 is 85.2. The van der Waals surface area contributed by atoms with Gasteiger partial charge in [-0.25, -0.2) is 0 Å². The van der Waals surface area contributed by atoms with Gasteiger partial charge in [0, 0.05) is 6.08 Å². The van der Waals surface area contributed by atoms with Crippen LogP contribution >= 0.6 is 0 Å². The van der Waals surface area contributed by atoms with E-state index < -0.39 is 29.5 Å². The van der Waals surface area contributed by atoms with Crippen molar-refractivity contribution < 1.29 is 30.7 Å². The van der Waals surface area contributed by atoms with Crippen LogP contribution in [0.1, 0.15) is 20.8 Å². The van der Waals surface area contributed by atoms with Crippen LogP contribution in [-0.4, -0.2) is 18.0 Å². The largest absolute Gasteiger partial charge is 0.460 e. The van der Waals surface area contributed by atoms with Crippen molar-refractivity contribution in [3.8, 4) is 0 Å². The number of alkyl halides is 7. The van der Waals surface area contributed by atoms with Gasteiger partial charge < -0.3 is 0 Å². The lowest BCUT2D eigenvalue weighted by Crippen LogP contribution is -2.50. The standard InChI is InChI=1S/C10H11F7/c1-7(2,3)5-4-6-8(11,12)9(13,14)10(15,16)17/h5-6H,1-3H3. The molecule has 0 radical (unpaired) electrons. The molecule has 0 unspecified atom stereocenters. The summed E-state index contributed by atoms with van der Waals surface area (Å²) >= 11 is 0. The Kier molecular flexibility index (Phi) is 4.12. The Hall–Kier alpha value is -0.970. The van der Waals surface area contributed by atoms with E-state index in [2.05, 4.69) is 0 Å². The van der Waals surface area contributed by atoms with Crippen molar-refractivity contribution in [1.29, 1.82) is 0 Å². The third kappa shape index (κ3) is 4.07. The van der Waals surface area contributed by atoms with Crippen LogP contribution in [0, 0.1) is 5.41 Å². The highest BCUT2D eigenvalue weighted by Crippen LogP contribution is 2.46. The first kappa shape index (κ1) is 16.0. The zero-order chi connectivity index (χ0) is 14.1. The van der Waals surface area contributed by atoms with Crippen LogP contribution in [0.2, 0.25) is 0 Å². The number of rotatable bonds is 2. The Balaban J connectivity index is 5.25. The predicted molar refractivity (Wildman–Crippen MR) is 48.1 cm³/mol. The summed E-state index contributed by atoms with van der Waals surface area (Å²) in [6, 6.07) is 0. The second-order valence-electron chi connectivity index (χ2n) is 4.52. The third-order valence-corrected chi connectivity index (χ3v) is 1.56. The number of allylic oxidation sites excluding steroid dienone is 1. The van der Waals surface area contributed by atoms with Gasteiger partial charge in [0.25, 0.3) is 0 Å². The van der Waals surface area contributed by atoms with Crippen molar-refractivity contribution >= 4 is 0 Å². The van der Waals surface area contributed by atoms with Crippen LogP contribution in [0.4, 0.5) is 30.7 Å². The van der Waals surface area contributed by atoms with Crippen LogP contribution in [0.3, 0.4) is 0 Å². The second-order valence-corrected chi connectivity index (χ2v) is 4.52. The van der Waals surface area contributed by atoms with E-state index in [-0.39, 0.29) is 0 Å². The molecule has 0 atom stereocenters. The van der Waals surface area contributed by atoms with Crippen molar-refractivity contribution in [2.24, 2.45) is 5.41 Å². The number of hydrogen-bond acceptors (Lipinski definition) is 0. The lowest BCUT2D eigenvalue weighted by molar-refractivity contribution is -0.341. The molecule has 0 fully saturated rings. The highest BCUT2D eigenvalue weighted by Gasteiger charge is 2.72. The molecule has 0 aromatic heterocycles. The zero-order valence-electron chi connectivity index (χ0n) is 9.30. The molecule has 0 aliphatic rings. The molecule has 0 nitrogen and oxygen atoms in total. The first-order chi connectivity index (χ1) is 7.21. The quantitative estimate of drug-likeness (QED) is 0.506. The number of hydrogen-bond donors (Lipinski definition) is 0. The van der Waals surface area contributed by atoms with Crippen LogP contribution < -0.4 is 0 Å². The monoisotopic (exact) mass is 264 g/mol. The molecule has 0 aliphatic heterocycles. The van der Waals surface area contributed by atoms with Gasteiger partial charge >= 0.3 is 18.0 Å². The Morgan fingerprint density at radius 2 is 1.18 bits per heavy atom. The summed E-state index contributed by atoms with van der Waals surface area (Å²) in [5.74, 6) is -11.4. The normalized spacial score (nSPS) is 14.2. The maximum Gasteiger partial charge on any atom is 0.460 e. The van der Waals surface area contributed by atoms with Gasteiger partial charge in [-0.1, -0.05) is 20.8 Å². The van der Waals surface area contributed by atoms with Crippen molar-refractivity contribution in [3.63, 3.8) is 0 Å². The molecule has 0 spiro atoms. The van der Waals surface area contributed by atoms with Crippen molar-refractivity contribution in [1.82, 2.24) is 0 Å². The van der Waals surface area contributed by atoms with Gasteiger partial charge in [0.2, 0.25) is 0 Å². The molecular formula is C10H11F7. The molecule has 0 aromatic carbocycles. The van der Waals surface area contributed by atoms with E-state index in [4.69, 9.17) is 0 Å². The topological polar surface area (TPSA) is 0 Å². The van der Waals surface area contributed by atoms with Crippen molar-refractivity contribution in [2.75, 3.05) is 0 Å². The smallest absolute Gasteiger partial charge is 0.194 e. The Morgan fingerprint density at radius 1 is 0.765 bits per heavy atom. The van der Waals surface area contributed by atoms with Gasteiger partial charge in [0.15, 0.2) is 0 Å². The Labute approximate surface area is 93.8 Å². The summed E-state index contributed by atoms with van der Waals surface area (Å²) in [5.41, 5.74) is 1.01. The fraction of sp³-hybridized carbons (Fsp3) is 0.700. The van der Waals surface area contributed by atoms with E-state index in [9.17, 15) is 30.7 Å². The summed E-state index contributed by atoms with van der Waals surface area (Å²) in [4.78, 5) is 0. The van der Waals surface area contributed by atoms with Crippen LogP contribution in [0.15, 0.2) is 17.9 Å². The molecule has 17 heavy (non-hydrogen) atoms. The van der Waals surface area contributed by atoms with E-state index in [0.717, 1.165) is 6.08 Å². The zero-order valence-corrected chi connectivity index (χ0v) is 9.30. The predicted octanol–water partition coefficient (Wildman–Crippen LogP) is 4.58. The highest BCUT2D eigenvalue weighted by molar-refractivity contribution is 5.07. The maximum absolute atomic E-state index is 12.7. The average molecular weight is 264 g/mol. The fourth-order valence-corrected chi connectivity index (χ4v) is 0.676. The Bertz CT molecular complexity index is 324. The Morgan fingerprint density at radius 3 is 1.47 bits per heavy atom. The van der Waals surface area contributed by atoms with E-state index >= 15 is 0 Å². The van der Waals surface area contributed by atoms with Crippen molar-refractivity contribution in [2.45, 2.75) is 38.8 Å². The van der Waals surface area contributed by atoms with E-state index in [0.29, 0.717) is 0 Å². The average Bonchev–Trinajstić information content (AvgIpc) is 1.98. The molecule has 7 heteroatoms. The lowest BCUT2D eigenvalue weighted by Gasteiger charge is -2.25. The van der Waals surface area contributed by atoms with E-state index in [1.54, 1.807) is 26.5 Å². The van der Waals surface area contributed by atoms with Gasteiger partial charge in [-0.2, -0.15) is 30.7 Å². The van der Waals surface area contributed by atoms with Gasteiger partial charge in [-0.15, -0.1) is 5.73 Å². The molecule has 0 rings (SSSR count). The number of halogens is 7. The van der Waals surface area contributed by atoms with Gasteiger partial charge in [0.1, 0.15) is 0 Å². The second kappa shape index (κ2) is 4.37. The molecule has 0 aromatic rings. The summed E-state index contributed by atoms with van der Waals surface area (Å²) in [6.07, 6.45) is -5.89. The maximum atomic E-state index is 12.7. The first-order valence-corrected chi connectivity index (χ1v) is 4.48. The summed E-state index contributed by atoms with van der Waals surface area (Å²) in [7, 11) is 0. The molecule has 0 aliphatic carbocycles. The van der Waals surface area contributed by atoms with Crippen LogP contribution in [-0.2, 0) is 0 Å². The summed E-state index contributed by atoms with van der Waals surface area (Å²) in [5, 5.41) is 0. The minimum absolute atomic E-state index is 0.564. The fourth-order valence-electron chi connectivity index (χ4n) is 0.676. The molecule has 0 saturated heterocycles. The minimum atomic E-state index is -6.31. The van der Waals surface area contributed by atoms with Gasteiger partial charge in [-0.3, -0.25) is 0 Å². The molecule has 100 valence electrons. The lowest BCUT2D eigenvalue weighted by atomic mass is 9.97. The van der Waals surface area contributed by atoms with Gasteiger partial charge in [-0.05, 0) is 11.5 Å². The van der Waals surface area contributed by atoms with Gasteiger partial charge in [0.05, 0.1) is 0 Å². The summed E-state index contributed by atoms with van der Waals surface area (Å²) in [6.45, 7) is 4.65. The molecular weight excluding hydrogens is 253 g/mol. The SMILES string of the molecule is CC(C)(C)C=C=CC(F)(F)C(F)(F)C(F)(F)F. The molecule has 0 heterocycles.